The molecule has 2 aromatic carbocycles. The van der Waals surface area contributed by atoms with Crippen molar-refractivity contribution in [2.75, 3.05) is 12.4 Å². The topological polar surface area (TPSA) is 97.0 Å². The number of anilines is 1. The zero-order valence-electron chi connectivity index (χ0n) is 15.8. The number of hydrogen-bond donors (Lipinski definition) is 2. The third kappa shape index (κ3) is 4.13. The fourth-order valence-corrected chi connectivity index (χ4v) is 3.09. The summed E-state index contributed by atoms with van der Waals surface area (Å²) < 4.78 is 66.9. The van der Waals surface area contributed by atoms with E-state index in [2.05, 4.69) is 9.73 Å². The van der Waals surface area contributed by atoms with Crippen LogP contribution in [0.1, 0.15) is 11.1 Å². The van der Waals surface area contributed by atoms with Crippen LogP contribution in [0.5, 0.6) is 5.75 Å². The molecule has 0 radical (unpaired) electrons. The molecule has 1 atom stereocenters. The van der Waals surface area contributed by atoms with Crippen LogP contribution in [0, 0.1) is 0 Å². The summed E-state index contributed by atoms with van der Waals surface area (Å²) in [6, 6.07) is 10.1. The van der Waals surface area contributed by atoms with Crippen molar-refractivity contribution < 1.29 is 36.3 Å². The van der Waals surface area contributed by atoms with E-state index in [1.165, 1.54) is 49.5 Å². The SMILES string of the molecule is CN1C(=O)C(c2ccc(OC(F)F)cc2)(c2cccc(NC(=O)C(F)(F)F)c2)N=C1N. The number of carbonyl (C=O) groups is 2. The average molecular weight is 442 g/mol. The van der Waals surface area contributed by atoms with E-state index in [-0.39, 0.29) is 28.5 Å². The normalized spacial score (nSPS) is 18.9. The molecule has 3 rings (SSSR count). The smallest absolute Gasteiger partial charge is 0.435 e. The van der Waals surface area contributed by atoms with Crippen molar-refractivity contribution in [3.8, 4) is 5.75 Å². The molecule has 1 unspecified atom stereocenters. The Labute approximate surface area is 172 Å². The highest BCUT2D eigenvalue weighted by molar-refractivity contribution is 6.09. The summed E-state index contributed by atoms with van der Waals surface area (Å²) in [5.74, 6) is -3.16. The Morgan fingerprint density at radius 1 is 1.16 bits per heavy atom. The number of nitrogens with one attached hydrogen (secondary N) is 1. The van der Waals surface area contributed by atoms with Gasteiger partial charge in [0.05, 0.1) is 0 Å². The molecule has 0 saturated heterocycles. The summed E-state index contributed by atoms with van der Waals surface area (Å²) in [4.78, 5) is 29.7. The molecule has 2 aromatic rings. The number of rotatable bonds is 5. The van der Waals surface area contributed by atoms with Gasteiger partial charge in [0.15, 0.2) is 11.5 Å². The third-order valence-corrected chi connectivity index (χ3v) is 4.53. The van der Waals surface area contributed by atoms with E-state index < -0.39 is 30.1 Å². The van der Waals surface area contributed by atoms with E-state index in [0.29, 0.717) is 0 Å². The molecule has 0 aliphatic carbocycles. The van der Waals surface area contributed by atoms with Gasteiger partial charge in [-0.3, -0.25) is 14.5 Å². The van der Waals surface area contributed by atoms with Gasteiger partial charge in [0.2, 0.25) is 0 Å². The van der Waals surface area contributed by atoms with E-state index in [1.807, 2.05) is 0 Å². The van der Waals surface area contributed by atoms with Crippen LogP contribution >= 0.6 is 0 Å². The van der Waals surface area contributed by atoms with Crippen molar-refractivity contribution in [3.63, 3.8) is 0 Å². The molecule has 0 bridgehead atoms. The van der Waals surface area contributed by atoms with Gasteiger partial charge in [-0.05, 0) is 35.4 Å². The molecule has 3 N–H and O–H groups in total. The Bertz CT molecular complexity index is 1040. The lowest BCUT2D eigenvalue weighted by molar-refractivity contribution is -0.167. The van der Waals surface area contributed by atoms with Gasteiger partial charge in [0, 0.05) is 12.7 Å². The van der Waals surface area contributed by atoms with Gasteiger partial charge in [-0.2, -0.15) is 22.0 Å². The van der Waals surface area contributed by atoms with Gasteiger partial charge in [0.1, 0.15) is 5.75 Å². The Morgan fingerprint density at radius 3 is 2.32 bits per heavy atom. The number of nitrogens with two attached hydrogens (primary N) is 1. The van der Waals surface area contributed by atoms with Gasteiger partial charge in [-0.1, -0.05) is 24.3 Å². The minimum atomic E-state index is -5.11. The second kappa shape index (κ2) is 7.85. The predicted molar refractivity (Wildman–Crippen MR) is 99.4 cm³/mol. The maximum atomic E-state index is 13.1. The summed E-state index contributed by atoms with van der Waals surface area (Å²) >= 11 is 0. The third-order valence-electron chi connectivity index (χ3n) is 4.53. The molecule has 12 heteroatoms. The number of carbonyl (C=O) groups excluding carboxylic acids is 2. The van der Waals surface area contributed by atoms with Gasteiger partial charge in [-0.15, -0.1) is 0 Å². The first-order valence-electron chi connectivity index (χ1n) is 8.62. The van der Waals surface area contributed by atoms with Crippen molar-refractivity contribution >= 4 is 23.5 Å². The maximum Gasteiger partial charge on any atom is 0.471 e. The highest BCUT2D eigenvalue weighted by Crippen LogP contribution is 2.40. The number of hydrogen-bond acceptors (Lipinski definition) is 5. The molecule has 2 amide bonds. The monoisotopic (exact) mass is 442 g/mol. The van der Waals surface area contributed by atoms with Crippen molar-refractivity contribution in [2.24, 2.45) is 10.7 Å². The minimum absolute atomic E-state index is 0.104. The molecule has 0 fully saturated rings. The van der Waals surface area contributed by atoms with Gasteiger partial charge < -0.3 is 15.8 Å². The lowest BCUT2D eigenvalue weighted by atomic mass is 9.82. The highest BCUT2D eigenvalue weighted by atomic mass is 19.4. The molecule has 1 aliphatic heterocycles. The van der Waals surface area contributed by atoms with Gasteiger partial charge >= 0.3 is 18.7 Å². The number of nitrogens with zero attached hydrogens (tertiary/aromatic N) is 2. The summed E-state index contributed by atoms with van der Waals surface area (Å²) in [5, 5.41) is 1.71. The van der Waals surface area contributed by atoms with Gasteiger partial charge in [-0.25, -0.2) is 4.99 Å². The Hall–Kier alpha value is -3.70. The Balaban J connectivity index is 2.09. The lowest BCUT2D eigenvalue weighted by Crippen LogP contribution is -2.41. The van der Waals surface area contributed by atoms with E-state index in [9.17, 15) is 31.5 Å². The number of aliphatic imine (C=N–C) groups is 1. The number of likely N-dealkylation sites (N-methyl/N-ethyl adjacent to an activating group) is 1. The van der Waals surface area contributed by atoms with Crippen molar-refractivity contribution in [3.05, 3.63) is 59.7 Å². The quantitative estimate of drug-likeness (QED) is 0.696. The second-order valence-corrected chi connectivity index (χ2v) is 6.48. The molecule has 1 heterocycles. The molecule has 0 aromatic heterocycles. The zero-order valence-corrected chi connectivity index (χ0v) is 15.8. The average Bonchev–Trinajstić information content (AvgIpc) is 2.92. The van der Waals surface area contributed by atoms with Crippen LogP contribution in [0.2, 0.25) is 0 Å². The van der Waals surface area contributed by atoms with Crippen LogP contribution in [-0.4, -0.2) is 42.5 Å². The van der Waals surface area contributed by atoms with E-state index in [4.69, 9.17) is 5.73 Å². The summed E-state index contributed by atoms with van der Waals surface area (Å²) in [6.45, 7) is -3.05. The molecule has 0 saturated carbocycles. The maximum absolute atomic E-state index is 13.1. The standard InChI is InChI=1S/C19H15F5N4O3/c1-28-15(30)18(27-17(28)25,10-5-7-13(8-6-10)31-16(20)21)11-3-2-4-12(9-11)26-14(29)19(22,23)24/h2-9,16H,1H3,(H2,25,27)(H,26,29). The van der Waals surface area contributed by atoms with Crippen molar-refractivity contribution in [2.45, 2.75) is 18.3 Å². The van der Waals surface area contributed by atoms with Crippen LogP contribution in [0.3, 0.4) is 0 Å². The first-order valence-corrected chi connectivity index (χ1v) is 8.62. The van der Waals surface area contributed by atoms with Crippen LogP contribution < -0.4 is 15.8 Å². The number of alkyl halides is 5. The van der Waals surface area contributed by atoms with Crippen molar-refractivity contribution in [1.29, 1.82) is 0 Å². The first kappa shape index (κ1) is 22.0. The minimum Gasteiger partial charge on any atom is -0.435 e. The van der Waals surface area contributed by atoms with Crippen LogP contribution in [-0.2, 0) is 15.1 Å². The number of amides is 2. The molecular formula is C19H15F5N4O3. The summed E-state index contributed by atoms with van der Waals surface area (Å²) in [5.41, 5.74) is 4.07. The first-order chi connectivity index (χ1) is 14.4. The van der Waals surface area contributed by atoms with Crippen LogP contribution in [0.15, 0.2) is 53.5 Å². The largest absolute Gasteiger partial charge is 0.471 e. The molecule has 164 valence electrons. The molecule has 31 heavy (non-hydrogen) atoms. The predicted octanol–water partition coefficient (Wildman–Crippen LogP) is 2.82. The van der Waals surface area contributed by atoms with Crippen LogP contribution in [0.25, 0.3) is 0 Å². The fourth-order valence-electron chi connectivity index (χ4n) is 3.09. The highest BCUT2D eigenvalue weighted by Gasteiger charge is 2.49. The Kier molecular flexibility index (Phi) is 5.57. The fraction of sp³-hybridized carbons (Fsp3) is 0.211. The zero-order chi connectivity index (χ0) is 23.0. The van der Waals surface area contributed by atoms with Gasteiger partial charge in [0.25, 0.3) is 5.91 Å². The van der Waals surface area contributed by atoms with Crippen molar-refractivity contribution in [1.82, 2.24) is 4.90 Å². The molecule has 0 spiro atoms. The molecule has 7 nitrogen and oxygen atoms in total. The Morgan fingerprint density at radius 2 is 1.81 bits per heavy atom. The lowest BCUT2D eigenvalue weighted by Gasteiger charge is -2.26. The van der Waals surface area contributed by atoms with E-state index in [0.717, 1.165) is 11.0 Å². The van der Waals surface area contributed by atoms with Crippen LogP contribution in [0.4, 0.5) is 27.6 Å². The summed E-state index contributed by atoms with van der Waals surface area (Å²) in [7, 11) is 1.35. The number of ether oxygens (including phenoxy) is 1. The van der Waals surface area contributed by atoms with E-state index in [1.54, 1.807) is 5.32 Å². The van der Waals surface area contributed by atoms with E-state index >= 15 is 0 Å². The molecular weight excluding hydrogens is 427 g/mol. The number of halogens is 5. The molecule has 1 aliphatic rings. The second-order valence-electron chi connectivity index (χ2n) is 6.48. The number of guanidine groups is 1. The number of benzene rings is 2. The summed E-state index contributed by atoms with van der Waals surface area (Å²) in [6.07, 6.45) is -5.11.